The first-order valence-electron chi connectivity index (χ1n) is 13.3. The van der Waals surface area contributed by atoms with Gasteiger partial charge in [-0.2, -0.15) is 0 Å². The van der Waals surface area contributed by atoms with Crippen LogP contribution in [0.25, 0.3) is 5.57 Å². The molecule has 0 N–H and O–H groups in total. The summed E-state index contributed by atoms with van der Waals surface area (Å²) < 4.78 is 25.7. The fourth-order valence-electron chi connectivity index (χ4n) is 4.24. The van der Waals surface area contributed by atoms with E-state index < -0.39 is 7.60 Å². The molecule has 2 aromatic carbocycles. The Balaban J connectivity index is 2.00. The molecule has 0 saturated carbocycles. The van der Waals surface area contributed by atoms with Gasteiger partial charge in [-0.05, 0) is 74.3 Å². The summed E-state index contributed by atoms with van der Waals surface area (Å²) in [6.07, 6.45) is 8.28. The molecule has 0 aromatic heterocycles. The van der Waals surface area contributed by atoms with Crippen LogP contribution in [-0.2, 0) is 13.6 Å². The molecule has 0 bridgehead atoms. The SMILES string of the molecule is CCOP(=O)(CC(=O)c1ccc(C(=C2C=CC(=[N+](C)CC)C=C2)c2ccc(N(C)CC)cc2)cc1)OCC. The van der Waals surface area contributed by atoms with Crippen LogP contribution in [0.3, 0.4) is 0 Å². The molecule has 1 aliphatic carbocycles. The first-order chi connectivity index (χ1) is 18.2. The Morgan fingerprint density at radius 2 is 1.32 bits per heavy atom. The minimum absolute atomic E-state index is 0.224. The van der Waals surface area contributed by atoms with Gasteiger partial charge in [-0.25, -0.2) is 4.58 Å². The van der Waals surface area contributed by atoms with Crippen LogP contribution in [0.2, 0.25) is 0 Å². The lowest BCUT2D eigenvalue weighted by Gasteiger charge is -2.19. The van der Waals surface area contributed by atoms with Gasteiger partial charge in [0.15, 0.2) is 11.5 Å². The van der Waals surface area contributed by atoms with E-state index in [1.54, 1.807) is 26.0 Å². The molecule has 202 valence electrons. The van der Waals surface area contributed by atoms with E-state index in [9.17, 15) is 9.36 Å². The fraction of sp³-hybridized carbons (Fsp3) is 0.355. The third-order valence-electron chi connectivity index (χ3n) is 6.63. The summed E-state index contributed by atoms with van der Waals surface area (Å²) in [5, 5.41) is 0. The predicted molar refractivity (Wildman–Crippen MR) is 158 cm³/mol. The number of carbonyl (C=O) groups excluding carboxylic acids is 1. The standard InChI is InChI=1S/C31H40N2O4P/c1-7-32(5)28-19-15-26(16-20-28)31(27-17-21-29(22-18-27)33(6)8-2)25-13-11-24(12-14-25)30(34)23-38(35,36-9-3)37-10-4/h11-22H,7-10,23H2,1-6H3/q+1. The van der Waals surface area contributed by atoms with Gasteiger partial charge in [0.25, 0.3) is 0 Å². The van der Waals surface area contributed by atoms with Crippen LogP contribution in [0, 0.1) is 0 Å². The highest BCUT2D eigenvalue weighted by molar-refractivity contribution is 7.54. The smallest absolute Gasteiger partial charge is 0.338 e. The number of anilines is 1. The molecule has 0 aliphatic heterocycles. The second-order valence-electron chi connectivity index (χ2n) is 9.10. The Labute approximate surface area is 227 Å². The number of hydrogen-bond acceptors (Lipinski definition) is 5. The third kappa shape index (κ3) is 7.28. The van der Waals surface area contributed by atoms with Gasteiger partial charge in [0.2, 0.25) is 0 Å². The summed E-state index contributed by atoms with van der Waals surface area (Å²) in [6, 6.07) is 16.0. The first-order valence-corrected chi connectivity index (χ1v) is 15.0. The topological polar surface area (TPSA) is 58.9 Å². The third-order valence-corrected chi connectivity index (χ3v) is 8.60. The maximum absolute atomic E-state index is 12.9. The van der Waals surface area contributed by atoms with Gasteiger partial charge in [-0.3, -0.25) is 9.36 Å². The lowest BCUT2D eigenvalue weighted by Crippen LogP contribution is -2.15. The highest BCUT2D eigenvalue weighted by atomic mass is 31.2. The highest BCUT2D eigenvalue weighted by Gasteiger charge is 2.28. The van der Waals surface area contributed by atoms with E-state index in [4.69, 9.17) is 9.05 Å². The Hall–Kier alpha value is -3.05. The quantitative estimate of drug-likeness (QED) is 0.174. The van der Waals surface area contributed by atoms with Gasteiger partial charge in [0, 0.05) is 37.0 Å². The van der Waals surface area contributed by atoms with Gasteiger partial charge < -0.3 is 13.9 Å². The second-order valence-corrected chi connectivity index (χ2v) is 11.2. The van der Waals surface area contributed by atoms with Gasteiger partial charge in [-0.1, -0.05) is 36.4 Å². The van der Waals surface area contributed by atoms with Crippen molar-refractivity contribution in [3.63, 3.8) is 0 Å². The number of benzene rings is 2. The maximum Gasteiger partial charge on any atom is 0.338 e. The van der Waals surface area contributed by atoms with E-state index >= 15 is 0 Å². The molecule has 6 nitrogen and oxygen atoms in total. The first kappa shape index (κ1) is 29.5. The number of allylic oxidation sites excluding steroid dienone is 5. The Kier molecular flexibility index (Phi) is 10.6. The van der Waals surface area contributed by atoms with Gasteiger partial charge in [0.05, 0.1) is 13.2 Å². The van der Waals surface area contributed by atoms with Crippen LogP contribution in [-0.4, -0.2) is 62.6 Å². The van der Waals surface area contributed by atoms with E-state index in [2.05, 4.69) is 86.0 Å². The second kappa shape index (κ2) is 13.7. The van der Waals surface area contributed by atoms with Crippen LogP contribution in [0.4, 0.5) is 5.69 Å². The van der Waals surface area contributed by atoms with Crippen molar-refractivity contribution in [1.82, 2.24) is 0 Å². The van der Waals surface area contributed by atoms with Crippen LogP contribution in [0.5, 0.6) is 0 Å². The molecule has 0 unspecified atom stereocenters. The monoisotopic (exact) mass is 535 g/mol. The van der Waals surface area contributed by atoms with E-state index in [-0.39, 0.29) is 25.2 Å². The lowest BCUT2D eigenvalue weighted by molar-refractivity contribution is -0.491. The zero-order valence-electron chi connectivity index (χ0n) is 23.4. The minimum Gasteiger partial charge on any atom is -0.375 e. The number of hydrogen-bond donors (Lipinski definition) is 0. The van der Waals surface area contributed by atoms with Crippen LogP contribution < -0.4 is 4.90 Å². The van der Waals surface area contributed by atoms with E-state index in [1.807, 2.05) is 12.1 Å². The molecular formula is C31H40N2O4P+. The van der Waals surface area contributed by atoms with Crippen LogP contribution in [0.15, 0.2) is 78.4 Å². The minimum atomic E-state index is -3.46. The summed E-state index contributed by atoms with van der Waals surface area (Å²) in [6.45, 7) is 10.0. The van der Waals surface area contributed by atoms with Crippen molar-refractivity contribution in [3.05, 3.63) is 95.1 Å². The molecular weight excluding hydrogens is 495 g/mol. The molecule has 1 aliphatic rings. The van der Waals surface area contributed by atoms with E-state index in [0.717, 1.165) is 46.8 Å². The molecule has 0 fully saturated rings. The molecule has 2 aromatic rings. The predicted octanol–water partition coefficient (Wildman–Crippen LogP) is 6.62. The van der Waals surface area contributed by atoms with Crippen molar-refractivity contribution >= 4 is 30.4 Å². The number of ketones is 1. The van der Waals surface area contributed by atoms with Gasteiger partial charge >= 0.3 is 7.60 Å². The number of nitrogens with zero attached hydrogens (tertiary/aromatic N) is 2. The van der Waals surface area contributed by atoms with Crippen LogP contribution >= 0.6 is 7.60 Å². The van der Waals surface area contributed by atoms with E-state index in [1.165, 1.54) is 0 Å². The summed E-state index contributed by atoms with van der Waals surface area (Å²) >= 11 is 0. The fourth-order valence-corrected chi connectivity index (χ4v) is 5.82. The summed E-state index contributed by atoms with van der Waals surface area (Å²) in [7, 11) is 0.694. The van der Waals surface area contributed by atoms with Crippen molar-refractivity contribution in [2.24, 2.45) is 0 Å². The van der Waals surface area contributed by atoms with Gasteiger partial charge in [-0.15, -0.1) is 0 Å². The molecule has 38 heavy (non-hydrogen) atoms. The van der Waals surface area contributed by atoms with Crippen molar-refractivity contribution in [3.8, 4) is 0 Å². The largest absolute Gasteiger partial charge is 0.375 e. The Morgan fingerprint density at radius 3 is 1.79 bits per heavy atom. The molecule has 0 spiro atoms. The molecule has 0 atom stereocenters. The number of carbonyl (C=O) groups is 1. The zero-order valence-corrected chi connectivity index (χ0v) is 24.3. The van der Waals surface area contributed by atoms with Crippen molar-refractivity contribution < 1.29 is 23.0 Å². The lowest BCUT2D eigenvalue weighted by atomic mass is 9.90. The van der Waals surface area contributed by atoms with Crippen molar-refractivity contribution in [1.29, 1.82) is 0 Å². The molecule has 7 heteroatoms. The molecule has 0 amide bonds. The summed E-state index contributed by atoms with van der Waals surface area (Å²) in [4.78, 5) is 15.1. The summed E-state index contributed by atoms with van der Waals surface area (Å²) in [5.41, 5.74) is 7.04. The Morgan fingerprint density at radius 1 is 0.816 bits per heavy atom. The number of Topliss-reactive ketones (excluding diaryl/α,β-unsaturated/α-hetero) is 1. The molecule has 0 heterocycles. The number of rotatable bonds is 12. The Bertz CT molecular complexity index is 1260. The molecule has 3 rings (SSSR count). The van der Waals surface area contributed by atoms with Crippen LogP contribution in [0.1, 0.15) is 49.2 Å². The van der Waals surface area contributed by atoms with E-state index in [0.29, 0.717) is 5.56 Å². The normalized spacial score (nSPS) is 13.1. The highest BCUT2D eigenvalue weighted by Crippen LogP contribution is 2.48. The maximum atomic E-state index is 12.9. The zero-order chi connectivity index (χ0) is 27.7. The molecule has 0 radical (unpaired) electrons. The molecule has 0 saturated heterocycles. The average Bonchev–Trinajstić information content (AvgIpc) is 2.93. The van der Waals surface area contributed by atoms with Crippen molar-refractivity contribution in [2.75, 3.05) is 51.5 Å². The van der Waals surface area contributed by atoms with Gasteiger partial charge in [0.1, 0.15) is 19.8 Å². The average molecular weight is 536 g/mol. The van der Waals surface area contributed by atoms with Crippen molar-refractivity contribution in [2.45, 2.75) is 27.7 Å². The summed E-state index contributed by atoms with van der Waals surface area (Å²) in [5.74, 6) is -0.262.